The van der Waals surface area contributed by atoms with Crippen molar-refractivity contribution in [3.05, 3.63) is 0 Å². The lowest BCUT2D eigenvalue weighted by Gasteiger charge is -2.04. The second-order valence-corrected chi connectivity index (χ2v) is 7.06. The van der Waals surface area contributed by atoms with E-state index in [0.29, 0.717) is 6.42 Å². The van der Waals surface area contributed by atoms with Gasteiger partial charge in [0.15, 0.2) is 5.78 Å². The Hall–Kier alpha value is -0.0938. The lowest BCUT2D eigenvalue weighted by molar-refractivity contribution is -0.147. The van der Waals surface area contributed by atoms with E-state index < -0.39 is 0 Å². The van der Waals surface area contributed by atoms with Gasteiger partial charge in [0, 0.05) is 6.42 Å². The third kappa shape index (κ3) is 23.9. The normalized spacial score (nSPS) is 10.3. The van der Waals surface area contributed by atoms with Crippen LogP contribution in [0.1, 0.15) is 117 Å². The lowest BCUT2D eigenvalue weighted by atomic mass is 10.0. The largest absolute Gasteiger partial charge is 0.458 e. The monoisotopic (exact) mass is 366 g/mol. The van der Waals surface area contributed by atoms with Crippen molar-refractivity contribution in [3.8, 4) is 0 Å². The quantitative estimate of drug-likeness (QED) is 0.184. The first-order valence-corrected chi connectivity index (χ1v) is 10.3. The molecule has 25 heavy (non-hydrogen) atoms. The molecule has 0 spiro atoms. The van der Waals surface area contributed by atoms with Gasteiger partial charge in [-0.1, -0.05) is 96.8 Å². The molecule has 0 N–H and O–H groups in total. The van der Waals surface area contributed by atoms with Crippen LogP contribution in [0.5, 0.6) is 0 Å². The van der Waals surface area contributed by atoms with Crippen LogP contribution in [0.25, 0.3) is 0 Å². The lowest BCUT2D eigenvalue weighted by Crippen LogP contribution is -2.10. The molecule has 0 atom stereocenters. The van der Waals surface area contributed by atoms with E-state index in [0.717, 1.165) is 12.8 Å². The highest BCUT2D eigenvalue weighted by Gasteiger charge is 2.03. The Balaban J connectivity index is 0. The number of hydrogen-bond acceptors (Lipinski definition) is 3. The zero-order valence-corrected chi connectivity index (χ0v) is 16.2. The van der Waals surface area contributed by atoms with Crippen molar-refractivity contribution in [2.75, 3.05) is 6.61 Å². The molecule has 0 aromatic rings. The van der Waals surface area contributed by atoms with E-state index in [2.05, 4.69) is 6.92 Å². The average molecular weight is 367 g/mol. The smallest absolute Gasteiger partial charge is 0.316 e. The summed E-state index contributed by atoms with van der Waals surface area (Å²) in [6.45, 7) is 3.63. The standard InChI is InChI=1S/C21H40O3.Mg.2H/c1-3-4-5-6-7-8-9-10-11-12-13-14-15-16-17-18-21(23)24-19-20(2)22;;;/h3-19H2,1-2H3;;;. The zero-order chi connectivity index (χ0) is 17.9. The number of hydrogen-bond donors (Lipinski definition) is 0. The molecule has 3 nitrogen and oxygen atoms in total. The molecule has 4 heteroatoms. The summed E-state index contributed by atoms with van der Waals surface area (Å²) in [4.78, 5) is 22.0. The van der Waals surface area contributed by atoms with Crippen molar-refractivity contribution in [2.45, 2.75) is 117 Å². The minimum atomic E-state index is -0.236. The zero-order valence-electron chi connectivity index (χ0n) is 16.2. The van der Waals surface area contributed by atoms with Crippen LogP contribution < -0.4 is 0 Å². The maximum absolute atomic E-state index is 11.3. The van der Waals surface area contributed by atoms with E-state index in [9.17, 15) is 9.59 Å². The molecular formula is C21H42MgO3. The van der Waals surface area contributed by atoms with Crippen LogP contribution in [0.4, 0.5) is 0 Å². The minimum absolute atomic E-state index is 0. The van der Waals surface area contributed by atoms with Gasteiger partial charge in [-0.15, -0.1) is 0 Å². The third-order valence-electron chi connectivity index (χ3n) is 4.42. The molecule has 0 saturated carbocycles. The van der Waals surface area contributed by atoms with Gasteiger partial charge in [-0.25, -0.2) is 0 Å². The maximum atomic E-state index is 11.3. The fourth-order valence-electron chi connectivity index (χ4n) is 2.89. The molecule has 0 aliphatic carbocycles. The summed E-state index contributed by atoms with van der Waals surface area (Å²) in [6, 6.07) is 0. The van der Waals surface area contributed by atoms with Gasteiger partial charge in [0.25, 0.3) is 0 Å². The van der Waals surface area contributed by atoms with E-state index in [4.69, 9.17) is 4.74 Å². The molecule has 146 valence electrons. The topological polar surface area (TPSA) is 43.4 Å². The molecule has 0 bridgehead atoms. The summed E-state index contributed by atoms with van der Waals surface area (Å²) in [5.41, 5.74) is 0. The third-order valence-corrected chi connectivity index (χ3v) is 4.42. The number of Topliss-reactive ketones (excluding diaryl/α,β-unsaturated/α-hetero) is 1. The van der Waals surface area contributed by atoms with Gasteiger partial charge < -0.3 is 4.74 Å². The highest BCUT2D eigenvalue weighted by molar-refractivity contribution is 5.80. The van der Waals surface area contributed by atoms with E-state index in [1.165, 1.54) is 90.4 Å². The fraction of sp³-hybridized carbons (Fsp3) is 0.905. The van der Waals surface area contributed by atoms with Gasteiger partial charge in [0.2, 0.25) is 0 Å². The van der Waals surface area contributed by atoms with Crippen LogP contribution in [0.3, 0.4) is 0 Å². The number of carbonyl (C=O) groups excluding carboxylic acids is 2. The summed E-state index contributed by atoms with van der Waals surface area (Å²) in [5, 5.41) is 0. The number of unbranched alkanes of at least 4 members (excludes halogenated alkanes) is 14. The van der Waals surface area contributed by atoms with Gasteiger partial charge in [0.1, 0.15) is 6.61 Å². The van der Waals surface area contributed by atoms with E-state index in [1.54, 1.807) is 0 Å². The van der Waals surface area contributed by atoms with Gasteiger partial charge >= 0.3 is 29.0 Å². The molecule has 0 radical (unpaired) electrons. The Morgan fingerprint density at radius 1 is 0.640 bits per heavy atom. The number of ether oxygens (including phenoxy) is 1. The molecule has 0 aromatic heterocycles. The van der Waals surface area contributed by atoms with Crippen LogP contribution >= 0.6 is 0 Å². The minimum Gasteiger partial charge on any atom is -0.458 e. The Morgan fingerprint density at radius 3 is 1.36 bits per heavy atom. The highest BCUT2D eigenvalue weighted by atomic mass is 24.3. The summed E-state index contributed by atoms with van der Waals surface area (Å²) in [5.74, 6) is -0.334. The molecule has 0 aliphatic heterocycles. The first kappa shape index (κ1) is 27.1. The van der Waals surface area contributed by atoms with Gasteiger partial charge in [0.05, 0.1) is 0 Å². The van der Waals surface area contributed by atoms with Crippen LogP contribution in [-0.4, -0.2) is 41.4 Å². The fourth-order valence-corrected chi connectivity index (χ4v) is 2.89. The van der Waals surface area contributed by atoms with Crippen molar-refractivity contribution in [1.82, 2.24) is 0 Å². The molecule has 0 aliphatic rings. The number of rotatable bonds is 18. The highest BCUT2D eigenvalue weighted by Crippen LogP contribution is 2.13. The maximum Gasteiger partial charge on any atom is 0.316 e. The Labute approximate surface area is 172 Å². The number of esters is 1. The van der Waals surface area contributed by atoms with E-state index >= 15 is 0 Å². The van der Waals surface area contributed by atoms with Crippen LogP contribution in [0.15, 0.2) is 0 Å². The predicted molar refractivity (Wildman–Crippen MR) is 110 cm³/mol. The summed E-state index contributed by atoms with van der Waals surface area (Å²) in [6.07, 6.45) is 20.2. The van der Waals surface area contributed by atoms with Crippen molar-refractivity contribution in [3.63, 3.8) is 0 Å². The molecule has 0 amide bonds. The summed E-state index contributed by atoms with van der Waals surface area (Å²) < 4.78 is 4.83. The number of ketones is 1. The molecular weight excluding hydrogens is 325 g/mol. The Morgan fingerprint density at radius 2 is 1.00 bits per heavy atom. The first-order chi connectivity index (χ1) is 11.7. The molecule has 0 aromatic carbocycles. The van der Waals surface area contributed by atoms with Gasteiger partial charge in [-0.2, -0.15) is 0 Å². The molecule has 0 rings (SSSR count). The Kier molecular flexibility index (Phi) is 23.8. The summed E-state index contributed by atoms with van der Waals surface area (Å²) in [7, 11) is 0. The van der Waals surface area contributed by atoms with Crippen molar-refractivity contribution >= 4 is 34.8 Å². The van der Waals surface area contributed by atoms with Gasteiger partial charge in [-0.05, 0) is 13.3 Å². The predicted octanol–water partition coefficient (Wildman–Crippen LogP) is 5.46. The molecule has 0 unspecified atom stereocenters. The first-order valence-electron chi connectivity index (χ1n) is 10.3. The van der Waals surface area contributed by atoms with Crippen LogP contribution in [0, 0.1) is 0 Å². The van der Waals surface area contributed by atoms with Gasteiger partial charge in [-0.3, -0.25) is 9.59 Å². The van der Waals surface area contributed by atoms with E-state index in [-0.39, 0.29) is 41.4 Å². The SMILES string of the molecule is CCCCCCCCCCCCCCCCCC(=O)OCC(C)=O.[MgH2]. The Bertz CT molecular complexity index is 306. The second kappa shape index (κ2) is 21.9. The van der Waals surface area contributed by atoms with Crippen molar-refractivity contribution in [1.29, 1.82) is 0 Å². The summed E-state index contributed by atoms with van der Waals surface area (Å²) >= 11 is 0. The van der Waals surface area contributed by atoms with Crippen LogP contribution in [0.2, 0.25) is 0 Å². The molecule has 0 heterocycles. The van der Waals surface area contributed by atoms with Crippen LogP contribution in [-0.2, 0) is 14.3 Å². The van der Waals surface area contributed by atoms with Crippen molar-refractivity contribution in [2.24, 2.45) is 0 Å². The molecule has 0 saturated heterocycles. The van der Waals surface area contributed by atoms with Crippen molar-refractivity contribution < 1.29 is 14.3 Å². The second-order valence-electron chi connectivity index (χ2n) is 7.06. The average Bonchev–Trinajstić information content (AvgIpc) is 2.56. The number of carbonyl (C=O) groups is 2. The molecule has 0 fully saturated rings. The van der Waals surface area contributed by atoms with E-state index in [1.807, 2.05) is 0 Å².